The standard InChI is InChI=1S/C15H16N2O4S/c1-3-20-14(18)11(15(19)21-4-2)8-16-10-5-6-13-12(7-10)17-9-22-13/h5-9,16H,3-4H2,1-2H3. The van der Waals surface area contributed by atoms with Crippen LogP contribution in [0.4, 0.5) is 5.69 Å². The van der Waals surface area contributed by atoms with Gasteiger partial charge in [0.05, 0.1) is 28.9 Å². The van der Waals surface area contributed by atoms with E-state index in [1.807, 2.05) is 18.2 Å². The van der Waals surface area contributed by atoms with Gasteiger partial charge in [-0.05, 0) is 32.0 Å². The summed E-state index contributed by atoms with van der Waals surface area (Å²) in [5.74, 6) is -1.44. The Kier molecular flexibility index (Phi) is 5.48. The Morgan fingerprint density at radius 3 is 2.55 bits per heavy atom. The molecule has 116 valence electrons. The highest BCUT2D eigenvalue weighted by Gasteiger charge is 2.20. The lowest BCUT2D eigenvalue weighted by Gasteiger charge is -2.07. The van der Waals surface area contributed by atoms with Crippen LogP contribution in [-0.4, -0.2) is 30.1 Å². The van der Waals surface area contributed by atoms with Gasteiger partial charge in [0.25, 0.3) is 0 Å². The van der Waals surface area contributed by atoms with Crippen LogP contribution in [0.5, 0.6) is 0 Å². The Hall–Kier alpha value is -2.41. The number of carbonyl (C=O) groups excluding carboxylic acids is 2. The second-order valence-electron chi connectivity index (χ2n) is 4.18. The number of carbonyl (C=O) groups is 2. The lowest BCUT2D eigenvalue weighted by molar-refractivity contribution is -0.146. The van der Waals surface area contributed by atoms with Crippen molar-refractivity contribution in [3.8, 4) is 0 Å². The third-order valence-corrected chi connectivity index (χ3v) is 3.51. The number of aromatic nitrogens is 1. The Bertz CT molecular complexity index is 688. The minimum absolute atomic E-state index is 0.179. The summed E-state index contributed by atoms with van der Waals surface area (Å²) in [6, 6.07) is 5.58. The van der Waals surface area contributed by atoms with Crippen molar-refractivity contribution in [3.05, 3.63) is 35.5 Å². The van der Waals surface area contributed by atoms with Crippen LogP contribution in [0.15, 0.2) is 35.5 Å². The van der Waals surface area contributed by atoms with Crippen LogP contribution in [0.1, 0.15) is 13.8 Å². The van der Waals surface area contributed by atoms with Crippen LogP contribution in [0.3, 0.4) is 0 Å². The van der Waals surface area contributed by atoms with Crippen molar-refractivity contribution in [3.63, 3.8) is 0 Å². The van der Waals surface area contributed by atoms with E-state index >= 15 is 0 Å². The zero-order valence-corrected chi connectivity index (χ0v) is 13.1. The molecule has 0 radical (unpaired) electrons. The first-order valence-corrected chi connectivity index (χ1v) is 7.67. The maximum Gasteiger partial charge on any atom is 0.347 e. The van der Waals surface area contributed by atoms with Gasteiger partial charge in [-0.25, -0.2) is 14.6 Å². The van der Waals surface area contributed by atoms with E-state index in [-0.39, 0.29) is 18.8 Å². The first-order chi connectivity index (χ1) is 10.7. The van der Waals surface area contributed by atoms with Crippen LogP contribution in [0, 0.1) is 0 Å². The van der Waals surface area contributed by atoms with E-state index in [4.69, 9.17) is 9.47 Å². The fourth-order valence-corrected chi connectivity index (χ4v) is 2.38. The molecule has 2 rings (SSSR count). The molecule has 6 nitrogen and oxygen atoms in total. The summed E-state index contributed by atoms with van der Waals surface area (Å²) in [7, 11) is 0. The lowest BCUT2D eigenvalue weighted by Crippen LogP contribution is -2.19. The van der Waals surface area contributed by atoms with Crippen LogP contribution in [-0.2, 0) is 19.1 Å². The second-order valence-corrected chi connectivity index (χ2v) is 5.06. The summed E-state index contributed by atoms with van der Waals surface area (Å²) in [5, 5.41) is 2.91. The van der Waals surface area contributed by atoms with Gasteiger partial charge >= 0.3 is 11.9 Å². The average Bonchev–Trinajstić information content (AvgIpc) is 2.95. The SMILES string of the molecule is CCOC(=O)C(=CNc1ccc2scnc2c1)C(=O)OCC. The van der Waals surface area contributed by atoms with E-state index in [9.17, 15) is 9.59 Å². The number of nitrogens with zero attached hydrogens (tertiary/aromatic N) is 1. The molecule has 0 saturated carbocycles. The average molecular weight is 320 g/mol. The molecule has 0 atom stereocenters. The second kappa shape index (κ2) is 7.56. The molecule has 0 saturated heterocycles. The Balaban J connectivity index is 2.20. The summed E-state index contributed by atoms with van der Waals surface area (Å²) in [5.41, 5.74) is 3.14. The molecule has 0 aliphatic rings. The van der Waals surface area contributed by atoms with Gasteiger partial charge in [-0.15, -0.1) is 11.3 Å². The van der Waals surface area contributed by atoms with E-state index in [1.54, 1.807) is 30.7 Å². The van der Waals surface area contributed by atoms with Crippen LogP contribution in [0.25, 0.3) is 10.2 Å². The summed E-state index contributed by atoms with van der Waals surface area (Å²) in [4.78, 5) is 27.8. The number of rotatable bonds is 6. The number of fused-ring (bicyclic) bond motifs is 1. The van der Waals surface area contributed by atoms with Gasteiger partial charge in [0, 0.05) is 11.9 Å². The predicted octanol–water partition coefficient (Wildman–Crippen LogP) is 2.72. The zero-order valence-electron chi connectivity index (χ0n) is 12.3. The highest BCUT2D eigenvalue weighted by atomic mass is 32.1. The maximum atomic E-state index is 11.8. The molecule has 1 N–H and O–H groups in total. The van der Waals surface area contributed by atoms with Crippen molar-refractivity contribution in [1.29, 1.82) is 0 Å². The minimum atomic E-state index is -0.719. The van der Waals surface area contributed by atoms with Gasteiger partial charge in [-0.2, -0.15) is 0 Å². The molecule has 1 aromatic heterocycles. The molecule has 1 heterocycles. The number of thiazole rings is 1. The molecule has 1 aromatic carbocycles. The monoisotopic (exact) mass is 320 g/mol. The van der Waals surface area contributed by atoms with Crippen molar-refractivity contribution in [1.82, 2.24) is 4.98 Å². The molecule has 7 heteroatoms. The predicted molar refractivity (Wildman–Crippen MR) is 84.6 cm³/mol. The molecule has 0 aliphatic carbocycles. The molecule has 0 amide bonds. The van der Waals surface area contributed by atoms with Gasteiger partial charge in [-0.3, -0.25) is 0 Å². The number of ether oxygens (including phenoxy) is 2. The number of benzene rings is 1. The van der Waals surface area contributed by atoms with Crippen LogP contribution < -0.4 is 5.32 Å². The van der Waals surface area contributed by atoms with Gasteiger partial charge in [0.2, 0.25) is 0 Å². The largest absolute Gasteiger partial charge is 0.462 e. The van der Waals surface area contributed by atoms with E-state index in [2.05, 4.69) is 10.3 Å². The van der Waals surface area contributed by atoms with E-state index in [1.165, 1.54) is 6.20 Å². The highest BCUT2D eigenvalue weighted by molar-refractivity contribution is 7.16. The van der Waals surface area contributed by atoms with Crippen molar-refractivity contribution in [2.45, 2.75) is 13.8 Å². The lowest BCUT2D eigenvalue weighted by atomic mass is 10.2. The molecule has 0 aliphatic heterocycles. The number of hydrogen-bond donors (Lipinski definition) is 1. The van der Waals surface area contributed by atoms with E-state index in [0.29, 0.717) is 5.69 Å². The molecule has 0 unspecified atom stereocenters. The van der Waals surface area contributed by atoms with E-state index in [0.717, 1.165) is 10.2 Å². The van der Waals surface area contributed by atoms with Crippen molar-refractivity contribution in [2.24, 2.45) is 0 Å². The number of anilines is 1. The van der Waals surface area contributed by atoms with Crippen LogP contribution in [0.2, 0.25) is 0 Å². The zero-order chi connectivity index (χ0) is 15.9. The van der Waals surface area contributed by atoms with Gasteiger partial charge in [-0.1, -0.05) is 0 Å². The minimum Gasteiger partial charge on any atom is -0.462 e. The van der Waals surface area contributed by atoms with Gasteiger partial charge < -0.3 is 14.8 Å². The van der Waals surface area contributed by atoms with Crippen molar-refractivity contribution in [2.75, 3.05) is 18.5 Å². The highest BCUT2D eigenvalue weighted by Crippen LogP contribution is 2.21. The Morgan fingerprint density at radius 1 is 1.23 bits per heavy atom. The summed E-state index contributed by atoms with van der Waals surface area (Å²) in [6.07, 6.45) is 1.30. The number of esters is 2. The van der Waals surface area contributed by atoms with E-state index < -0.39 is 11.9 Å². The molecule has 0 fully saturated rings. The fraction of sp³-hybridized carbons (Fsp3) is 0.267. The fourth-order valence-electron chi connectivity index (χ4n) is 1.72. The normalized spacial score (nSPS) is 10.1. The number of hydrogen-bond acceptors (Lipinski definition) is 7. The molecule has 22 heavy (non-hydrogen) atoms. The van der Waals surface area contributed by atoms with Crippen molar-refractivity contribution >= 4 is 39.2 Å². The Labute approximate surface area is 131 Å². The first-order valence-electron chi connectivity index (χ1n) is 6.80. The summed E-state index contributed by atoms with van der Waals surface area (Å²) < 4.78 is 10.8. The molecule has 0 spiro atoms. The maximum absolute atomic E-state index is 11.8. The molecule has 2 aromatic rings. The third-order valence-electron chi connectivity index (χ3n) is 2.70. The Morgan fingerprint density at radius 2 is 1.91 bits per heavy atom. The third kappa shape index (κ3) is 3.82. The molecular weight excluding hydrogens is 304 g/mol. The molecular formula is C15H16N2O4S. The van der Waals surface area contributed by atoms with Crippen molar-refractivity contribution < 1.29 is 19.1 Å². The topological polar surface area (TPSA) is 77.5 Å². The van der Waals surface area contributed by atoms with Gasteiger partial charge in [0.1, 0.15) is 0 Å². The number of nitrogens with one attached hydrogen (secondary N) is 1. The summed E-state index contributed by atoms with van der Waals surface area (Å²) >= 11 is 1.54. The summed E-state index contributed by atoms with van der Waals surface area (Å²) in [6.45, 7) is 3.70. The smallest absolute Gasteiger partial charge is 0.347 e. The first kappa shape index (κ1) is 16.0. The van der Waals surface area contributed by atoms with Crippen LogP contribution >= 0.6 is 11.3 Å². The molecule has 0 bridgehead atoms. The van der Waals surface area contributed by atoms with Gasteiger partial charge in [0.15, 0.2) is 5.57 Å². The quantitative estimate of drug-likeness (QED) is 0.382.